The second-order valence-electron chi connectivity index (χ2n) is 6.28. The number of imide groups is 1. The Morgan fingerprint density at radius 2 is 1.77 bits per heavy atom. The van der Waals surface area contributed by atoms with E-state index in [2.05, 4.69) is 10.6 Å². The molecular weight excluding hydrogens is 280 g/mol. The Morgan fingerprint density at radius 3 is 2.36 bits per heavy atom. The molecule has 0 aromatic heterocycles. The Morgan fingerprint density at radius 1 is 1.14 bits per heavy atom. The van der Waals surface area contributed by atoms with Gasteiger partial charge in [-0.05, 0) is 69.4 Å². The third-order valence-corrected chi connectivity index (χ3v) is 4.72. The summed E-state index contributed by atoms with van der Waals surface area (Å²) in [6.45, 7) is 9.54. The van der Waals surface area contributed by atoms with Crippen molar-refractivity contribution in [2.24, 2.45) is 0 Å². The molecule has 22 heavy (non-hydrogen) atoms. The molecule has 0 bridgehead atoms. The van der Waals surface area contributed by atoms with Crippen LogP contribution < -0.4 is 10.6 Å². The SMILES string of the molecule is Cc1cc(C(=O)NC2(C)CCC(=O)NC2=O)c(C)c(C)c1C. The normalized spacial score (nSPS) is 21.5. The Bertz CT molecular complexity index is 679. The van der Waals surface area contributed by atoms with Gasteiger partial charge in [0.05, 0.1) is 0 Å². The van der Waals surface area contributed by atoms with Crippen molar-refractivity contribution >= 4 is 17.7 Å². The van der Waals surface area contributed by atoms with Crippen molar-refractivity contribution in [1.82, 2.24) is 10.6 Å². The first-order valence-corrected chi connectivity index (χ1v) is 7.40. The van der Waals surface area contributed by atoms with Crippen LogP contribution in [0.25, 0.3) is 0 Å². The van der Waals surface area contributed by atoms with E-state index in [1.165, 1.54) is 5.56 Å². The van der Waals surface area contributed by atoms with Gasteiger partial charge in [0.25, 0.3) is 11.8 Å². The zero-order valence-corrected chi connectivity index (χ0v) is 13.7. The maximum absolute atomic E-state index is 12.6. The van der Waals surface area contributed by atoms with E-state index in [0.29, 0.717) is 12.0 Å². The van der Waals surface area contributed by atoms with Crippen molar-refractivity contribution in [2.75, 3.05) is 0 Å². The number of nitrogens with one attached hydrogen (secondary N) is 2. The summed E-state index contributed by atoms with van der Waals surface area (Å²) < 4.78 is 0. The minimum Gasteiger partial charge on any atom is -0.338 e. The largest absolute Gasteiger partial charge is 0.338 e. The summed E-state index contributed by atoms with van der Waals surface area (Å²) in [7, 11) is 0. The highest BCUT2D eigenvalue weighted by Gasteiger charge is 2.40. The molecule has 1 aromatic carbocycles. The van der Waals surface area contributed by atoms with Crippen molar-refractivity contribution in [3.05, 3.63) is 33.9 Å². The molecule has 0 radical (unpaired) electrons. The van der Waals surface area contributed by atoms with Crippen LogP contribution in [-0.4, -0.2) is 23.3 Å². The van der Waals surface area contributed by atoms with E-state index in [9.17, 15) is 14.4 Å². The molecule has 0 aliphatic carbocycles. The molecule has 1 fully saturated rings. The summed E-state index contributed by atoms with van der Waals surface area (Å²) in [5.74, 6) is -1.03. The molecule has 1 saturated heterocycles. The van der Waals surface area contributed by atoms with Gasteiger partial charge < -0.3 is 5.32 Å². The number of hydrogen-bond donors (Lipinski definition) is 2. The number of hydrogen-bond acceptors (Lipinski definition) is 3. The molecule has 3 amide bonds. The number of amides is 3. The van der Waals surface area contributed by atoms with E-state index in [1.54, 1.807) is 6.92 Å². The lowest BCUT2D eigenvalue weighted by atomic mass is 9.89. The second kappa shape index (κ2) is 5.55. The van der Waals surface area contributed by atoms with Gasteiger partial charge in [0, 0.05) is 12.0 Å². The summed E-state index contributed by atoms with van der Waals surface area (Å²) in [6.07, 6.45) is 0.541. The maximum Gasteiger partial charge on any atom is 0.252 e. The van der Waals surface area contributed by atoms with Gasteiger partial charge >= 0.3 is 0 Å². The number of benzene rings is 1. The lowest BCUT2D eigenvalue weighted by Crippen LogP contribution is -2.61. The molecule has 118 valence electrons. The topological polar surface area (TPSA) is 75.3 Å². The fourth-order valence-electron chi connectivity index (χ4n) is 2.69. The predicted octanol–water partition coefficient (Wildman–Crippen LogP) is 1.85. The monoisotopic (exact) mass is 302 g/mol. The van der Waals surface area contributed by atoms with Crippen LogP contribution in [0.5, 0.6) is 0 Å². The highest BCUT2D eigenvalue weighted by Crippen LogP contribution is 2.23. The van der Waals surface area contributed by atoms with Crippen LogP contribution >= 0.6 is 0 Å². The molecule has 1 aliphatic rings. The zero-order valence-electron chi connectivity index (χ0n) is 13.7. The van der Waals surface area contributed by atoms with Gasteiger partial charge in [0.2, 0.25) is 5.91 Å². The quantitative estimate of drug-likeness (QED) is 0.819. The minimum atomic E-state index is -1.05. The highest BCUT2D eigenvalue weighted by atomic mass is 16.2. The van der Waals surface area contributed by atoms with Crippen molar-refractivity contribution in [3.63, 3.8) is 0 Å². The van der Waals surface area contributed by atoms with Gasteiger partial charge in [0.1, 0.15) is 5.54 Å². The van der Waals surface area contributed by atoms with E-state index in [-0.39, 0.29) is 18.2 Å². The van der Waals surface area contributed by atoms with E-state index in [0.717, 1.165) is 16.7 Å². The third kappa shape index (κ3) is 2.75. The van der Waals surface area contributed by atoms with Crippen LogP contribution in [0.15, 0.2) is 6.07 Å². The highest BCUT2D eigenvalue weighted by molar-refractivity contribution is 6.06. The molecule has 1 aliphatic heterocycles. The molecule has 2 rings (SSSR count). The number of aryl methyl sites for hydroxylation is 1. The summed E-state index contributed by atoms with van der Waals surface area (Å²) in [5.41, 5.74) is 3.73. The van der Waals surface area contributed by atoms with Gasteiger partial charge in [0.15, 0.2) is 0 Å². The average molecular weight is 302 g/mol. The second-order valence-corrected chi connectivity index (χ2v) is 6.28. The lowest BCUT2D eigenvalue weighted by molar-refractivity contribution is -0.137. The molecule has 1 unspecified atom stereocenters. The summed E-state index contributed by atoms with van der Waals surface area (Å²) in [6, 6.07) is 1.85. The Hall–Kier alpha value is -2.17. The Kier molecular flexibility index (Phi) is 4.09. The predicted molar refractivity (Wildman–Crippen MR) is 83.6 cm³/mol. The minimum absolute atomic E-state index is 0.230. The maximum atomic E-state index is 12.6. The molecule has 5 nitrogen and oxygen atoms in total. The molecule has 2 N–H and O–H groups in total. The molecule has 5 heteroatoms. The molecule has 0 spiro atoms. The molecule has 1 atom stereocenters. The first kappa shape index (κ1) is 16.2. The summed E-state index contributed by atoms with van der Waals surface area (Å²) >= 11 is 0. The summed E-state index contributed by atoms with van der Waals surface area (Å²) in [5, 5.41) is 5.07. The lowest BCUT2D eigenvalue weighted by Gasteiger charge is -2.32. The summed E-state index contributed by atoms with van der Waals surface area (Å²) in [4.78, 5) is 35.9. The van der Waals surface area contributed by atoms with Crippen LogP contribution in [0.1, 0.15) is 52.4 Å². The molecular formula is C17H22N2O3. The fourth-order valence-corrected chi connectivity index (χ4v) is 2.69. The fraction of sp³-hybridized carbons (Fsp3) is 0.471. The number of piperidine rings is 1. The Labute approximate surface area is 130 Å². The average Bonchev–Trinajstić information content (AvgIpc) is 2.45. The van der Waals surface area contributed by atoms with Gasteiger partial charge in [-0.15, -0.1) is 0 Å². The third-order valence-electron chi connectivity index (χ3n) is 4.72. The molecule has 1 heterocycles. The van der Waals surface area contributed by atoms with Crippen LogP contribution in [0.4, 0.5) is 0 Å². The van der Waals surface area contributed by atoms with E-state index < -0.39 is 11.4 Å². The smallest absolute Gasteiger partial charge is 0.252 e. The van der Waals surface area contributed by atoms with Gasteiger partial charge in [-0.1, -0.05) is 0 Å². The molecule has 1 aromatic rings. The van der Waals surface area contributed by atoms with Gasteiger partial charge in [-0.2, -0.15) is 0 Å². The van der Waals surface area contributed by atoms with Crippen LogP contribution in [0.2, 0.25) is 0 Å². The van der Waals surface area contributed by atoms with Crippen molar-refractivity contribution in [2.45, 2.75) is 53.0 Å². The first-order valence-electron chi connectivity index (χ1n) is 7.40. The van der Waals surface area contributed by atoms with Crippen molar-refractivity contribution in [3.8, 4) is 0 Å². The number of rotatable bonds is 2. The van der Waals surface area contributed by atoms with Crippen LogP contribution in [0.3, 0.4) is 0 Å². The van der Waals surface area contributed by atoms with Crippen molar-refractivity contribution in [1.29, 1.82) is 0 Å². The first-order chi connectivity index (χ1) is 10.2. The number of carbonyl (C=O) groups excluding carboxylic acids is 3. The number of carbonyl (C=O) groups is 3. The van der Waals surface area contributed by atoms with E-state index >= 15 is 0 Å². The van der Waals surface area contributed by atoms with Crippen LogP contribution in [0, 0.1) is 27.7 Å². The molecule has 0 saturated carbocycles. The Balaban J connectivity index is 2.30. The van der Waals surface area contributed by atoms with Crippen LogP contribution in [-0.2, 0) is 9.59 Å². The van der Waals surface area contributed by atoms with Crippen molar-refractivity contribution < 1.29 is 14.4 Å². The zero-order chi connectivity index (χ0) is 16.7. The van der Waals surface area contributed by atoms with Gasteiger partial charge in [-0.3, -0.25) is 19.7 Å². The van der Waals surface area contributed by atoms with E-state index in [1.807, 2.05) is 33.8 Å². The van der Waals surface area contributed by atoms with Gasteiger partial charge in [-0.25, -0.2) is 0 Å². The standard InChI is InChI=1S/C17H22N2O3/c1-9-8-13(12(4)11(3)10(9)2)15(21)19-17(5)7-6-14(20)18-16(17)22/h8H,6-7H2,1-5H3,(H,19,21)(H,18,20,22). The van der Waals surface area contributed by atoms with E-state index in [4.69, 9.17) is 0 Å².